The van der Waals surface area contributed by atoms with Crippen LogP contribution in [0, 0.1) is 0 Å². The molecule has 3 nitrogen and oxygen atoms in total. The Kier molecular flexibility index (Phi) is 3.41. The van der Waals surface area contributed by atoms with Gasteiger partial charge >= 0.3 is 12.3 Å². The molecule has 0 fully saturated rings. The lowest BCUT2D eigenvalue weighted by atomic mass is 10.2. The molecule has 0 aliphatic heterocycles. The Hall–Kier alpha value is -1.43. The van der Waals surface area contributed by atoms with Crippen LogP contribution in [0.2, 0.25) is 0 Å². The van der Waals surface area contributed by atoms with Gasteiger partial charge in [-0.05, 0) is 18.2 Å². The molecule has 0 saturated heterocycles. The van der Waals surface area contributed by atoms with Gasteiger partial charge in [-0.15, -0.1) is 13.2 Å². The van der Waals surface area contributed by atoms with E-state index in [9.17, 15) is 18.0 Å². The van der Waals surface area contributed by atoms with E-state index in [4.69, 9.17) is 11.9 Å². The van der Waals surface area contributed by atoms with Crippen molar-refractivity contribution in [1.82, 2.24) is 0 Å². The highest BCUT2D eigenvalue weighted by atomic mass is 35.5. The fraction of sp³-hybridized carbons (Fsp3) is 0.125. The van der Waals surface area contributed by atoms with Gasteiger partial charge in [0.1, 0.15) is 17.6 Å². The van der Waals surface area contributed by atoms with Gasteiger partial charge < -0.3 is 9.03 Å². The van der Waals surface area contributed by atoms with Gasteiger partial charge in [-0.25, -0.2) is 4.79 Å². The van der Waals surface area contributed by atoms with Crippen LogP contribution in [0.3, 0.4) is 0 Å². The molecule has 0 aliphatic carbocycles. The summed E-state index contributed by atoms with van der Waals surface area (Å²) in [7, 11) is 0. The predicted molar refractivity (Wildman–Crippen MR) is 44.4 cm³/mol. The minimum absolute atomic E-state index is 0.133. The number of carbonyl (C=O) groups excluding carboxylic acids is 1. The number of rotatable bonds is 2. The Morgan fingerprint density at radius 2 is 2.00 bits per heavy atom. The average molecular weight is 241 g/mol. The Morgan fingerprint density at radius 3 is 2.53 bits per heavy atom. The summed E-state index contributed by atoms with van der Waals surface area (Å²) >= 11 is 4.76. The molecular formula is C8H4ClF3O3. The molecule has 0 atom stereocenters. The maximum absolute atomic E-state index is 11.8. The van der Waals surface area contributed by atoms with Gasteiger partial charge in [0.25, 0.3) is 0 Å². The lowest BCUT2D eigenvalue weighted by molar-refractivity contribution is -0.274. The summed E-state index contributed by atoms with van der Waals surface area (Å²) in [5.74, 6) is -1.47. The third-order valence-electron chi connectivity index (χ3n) is 1.37. The van der Waals surface area contributed by atoms with Crippen molar-refractivity contribution in [3.8, 4) is 5.75 Å². The zero-order valence-corrected chi connectivity index (χ0v) is 7.80. The van der Waals surface area contributed by atoms with E-state index in [1.54, 1.807) is 0 Å². The lowest BCUT2D eigenvalue weighted by Gasteiger charge is -2.08. The normalized spacial score (nSPS) is 10.9. The van der Waals surface area contributed by atoms with E-state index in [1.165, 1.54) is 12.1 Å². The zero-order chi connectivity index (χ0) is 11.5. The second-order valence-electron chi connectivity index (χ2n) is 2.44. The number of alkyl halides is 3. The molecule has 0 N–H and O–H groups in total. The highest BCUT2D eigenvalue weighted by Gasteiger charge is 2.31. The van der Waals surface area contributed by atoms with Gasteiger partial charge in [0.15, 0.2) is 0 Å². The number of hydrogen-bond donors (Lipinski definition) is 0. The predicted octanol–water partition coefficient (Wildman–Crippen LogP) is 2.90. The molecule has 15 heavy (non-hydrogen) atoms. The standard InChI is InChI=1S/C8H4ClF3O3/c9-15-7(13)5-2-1-3-6(4-5)14-8(10,11)12/h1-4H. The maximum Gasteiger partial charge on any atom is 0.573 e. The maximum atomic E-state index is 11.8. The Balaban J connectivity index is 2.88. The van der Waals surface area contributed by atoms with E-state index >= 15 is 0 Å². The van der Waals surface area contributed by atoms with Crippen LogP contribution >= 0.6 is 11.9 Å². The molecule has 0 amide bonds. The van der Waals surface area contributed by atoms with Crippen LogP contribution < -0.4 is 4.74 Å². The van der Waals surface area contributed by atoms with Crippen molar-refractivity contribution < 1.29 is 27.0 Å². The summed E-state index contributed by atoms with van der Waals surface area (Å²) in [6, 6.07) is 4.38. The minimum atomic E-state index is -4.80. The monoisotopic (exact) mass is 240 g/mol. The largest absolute Gasteiger partial charge is 0.573 e. The molecule has 0 aliphatic rings. The van der Waals surface area contributed by atoms with Crippen LogP contribution in [0.1, 0.15) is 10.4 Å². The first kappa shape index (κ1) is 11.6. The Morgan fingerprint density at radius 1 is 1.33 bits per heavy atom. The van der Waals surface area contributed by atoms with Crippen LogP contribution in [0.15, 0.2) is 24.3 Å². The average Bonchev–Trinajstić information content (AvgIpc) is 2.14. The molecule has 0 spiro atoms. The molecule has 0 saturated carbocycles. The molecule has 1 aromatic rings. The highest BCUT2D eigenvalue weighted by molar-refractivity contribution is 6.15. The van der Waals surface area contributed by atoms with E-state index in [1.807, 2.05) is 0 Å². The summed E-state index contributed by atoms with van der Waals surface area (Å²) in [5.41, 5.74) is -0.133. The third kappa shape index (κ3) is 3.67. The van der Waals surface area contributed by atoms with E-state index in [-0.39, 0.29) is 5.56 Å². The summed E-state index contributed by atoms with van der Waals surface area (Å²) in [5, 5.41) is 0. The first-order valence-electron chi connectivity index (χ1n) is 3.61. The van der Waals surface area contributed by atoms with Gasteiger partial charge in [-0.2, -0.15) is 0 Å². The third-order valence-corrected chi connectivity index (χ3v) is 1.51. The second-order valence-corrected chi connectivity index (χ2v) is 2.59. The number of halogens is 4. The first-order valence-corrected chi connectivity index (χ1v) is 3.92. The van der Waals surface area contributed by atoms with E-state index in [2.05, 4.69) is 9.03 Å². The van der Waals surface area contributed by atoms with Crippen molar-refractivity contribution >= 4 is 17.8 Å². The van der Waals surface area contributed by atoms with Crippen molar-refractivity contribution in [2.24, 2.45) is 0 Å². The summed E-state index contributed by atoms with van der Waals surface area (Å²) < 4.78 is 42.8. The molecule has 7 heteroatoms. The molecule has 0 heterocycles. The van der Waals surface area contributed by atoms with E-state index in [0.29, 0.717) is 0 Å². The number of hydrogen-bond acceptors (Lipinski definition) is 3. The Labute approximate surface area is 87.5 Å². The second kappa shape index (κ2) is 4.39. The van der Waals surface area contributed by atoms with Crippen molar-refractivity contribution in [3.63, 3.8) is 0 Å². The van der Waals surface area contributed by atoms with Crippen molar-refractivity contribution in [2.45, 2.75) is 6.36 Å². The molecule has 0 unspecified atom stereocenters. The number of carbonyl (C=O) groups is 1. The summed E-state index contributed by atoms with van der Waals surface area (Å²) in [6.07, 6.45) is -4.80. The molecule has 1 aromatic carbocycles. The summed E-state index contributed by atoms with van der Waals surface area (Å²) in [6.45, 7) is 0. The van der Waals surface area contributed by atoms with Crippen LogP contribution in [0.5, 0.6) is 5.75 Å². The van der Waals surface area contributed by atoms with Crippen LogP contribution in [0.25, 0.3) is 0 Å². The fourth-order valence-corrected chi connectivity index (χ4v) is 0.954. The summed E-state index contributed by atoms with van der Waals surface area (Å²) in [4.78, 5) is 10.8. The van der Waals surface area contributed by atoms with Crippen molar-refractivity contribution in [3.05, 3.63) is 29.8 Å². The van der Waals surface area contributed by atoms with Gasteiger partial charge in [0.05, 0.1) is 5.56 Å². The van der Waals surface area contributed by atoms with Crippen LogP contribution in [0.4, 0.5) is 13.2 Å². The van der Waals surface area contributed by atoms with Gasteiger partial charge in [-0.1, -0.05) is 6.07 Å². The fourth-order valence-electron chi connectivity index (χ4n) is 0.865. The lowest BCUT2D eigenvalue weighted by Crippen LogP contribution is -2.17. The molecular weight excluding hydrogens is 237 g/mol. The molecule has 0 radical (unpaired) electrons. The van der Waals surface area contributed by atoms with Gasteiger partial charge in [-0.3, -0.25) is 0 Å². The Bertz CT molecular complexity index is 364. The smallest absolute Gasteiger partial charge is 0.406 e. The first-order chi connectivity index (χ1) is 6.92. The molecule has 0 bridgehead atoms. The zero-order valence-electron chi connectivity index (χ0n) is 7.05. The minimum Gasteiger partial charge on any atom is -0.406 e. The van der Waals surface area contributed by atoms with Gasteiger partial charge in [0, 0.05) is 0 Å². The topological polar surface area (TPSA) is 35.5 Å². The number of benzene rings is 1. The molecule has 0 aromatic heterocycles. The quantitative estimate of drug-likeness (QED) is 0.797. The van der Waals surface area contributed by atoms with Crippen molar-refractivity contribution in [2.75, 3.05) is 0 Å². The van der Waals surface area contributed by atoms with Gasteiger partial charge in [0.2, 0.25) is 0 Å². The highest BCUT2D eigenvalue weighted by Crippen LogP contribution is 2.23. The van der Waals surface area contributed by atoms with Crippen LogP contribution in [-0.2, 0) is 4.29 Å². The van der Waals surface area contributed by atoms with E-state index in [0.717, 1.165) is 12.1 Å². The van der Waals surface area contributed by atoms with Crippen LogP contribution in [-0.4, -0.2) is 12.3 Å². The van der Waals surface area contributed by atoms with Crippen molar-refractivity contribution in [1.29, 1.82) is 0 Å². The molecule has 82 valence electrons. The number of ether oxygens (including phenoxy) is 1. The molecule has 1 rings (SSSR count). The van der Waals surface area contributed by atoms with E-state index < -0.39 is 18.1 Å². The SMILES string of the molecule is O=C(OCl)c1cccc(OC(F)(F)F)c1.